The normalized spacial score (nSPS) is 18.0. The average Bonchev–Trinajstić information content (AvgIpc) is 2.48. The number of carbonyl (C=O) groups is 1. The van der Waals surface area contributed by atoms with E-state index in [0.717, 1.165) is 25.8 Å². The number of anilines is 1. The molecule has 2 nitrogen and oxygen atoms in total. The van der Waals surface area contributed by atoms with Crippen LogP contribution >= 0.6 is 0 Å². The summed E-state index contributed by atoms with van der Waals surface area (Å²) in [5.74, 6) is 0. The van der Waals surface area contributed by atoms with Crippen molar-refractivity contribution in [1.29, 1.82) is 0 Å². The lowest BCUT2D eigenvalue weighted by Gasteiger charge is -2.36. The SMILES string of the molecule is CCc1ccc(N(C)CC2(C=O)CCCCC2)cc1. The lowest BCUT2D eigenvalue weighted by molar-refractivity contribution is -0.117. The van der Waals surface area contributed by atoms with E-state index in [0.29, 0.717) is 0 Å². The lowest BCUT2D eigenvalue weighted by atomic mass is 9.75. The molecule has 1 aliphatic carbocycles. The summed E-state index contributed by atoms with van der Waals surface area (Å²) >= 11 is 0. The van der Waals surface area contributed by atoms with Crippen molar-refractivity contribution in [3.05, 3.63) is 29.8 Å². The zero-order valence-electron chi connectivity index (χ0n) is 12.2. The van der Waals surface area contributed by atoms with Crippen molar-refractivity contribution in [2.24, 2.45) is 5.41 Å². The zero-order valence-corrected chi connectivity index (χ0v) is 12.2. The molecule has 104 valence electrons. The van der Waals surface area contributed by atoms with Crippen molar-refractivity contribution < 1.29 is 4.79 Å². The molecule has 1 fully saturated rings. The molecule has 1 saturated carbocycles. The molecular weight excluding hydrogens is 234 g/mol. The van der Waals surface area contributed by atoms with Crippen LogP contribution in [0.4, 0.5) is 5.69 Å². The van der Waals surface area contributed by atoms with E-state index in [2.05, 4.69) is 43.1 Å². The number of benzene rings is 1. The van der Waals surface area contributed by atoms with Crippen molar-refractivity contribution in [3.8, 4) is 0 Å². The van der Waals surface area contributed by atoms with Gasteiger partial charge in [0.15, 0.2) is 0 Å². The van der Waals surface area contributed by atoms with Gasteiger partial charge in [-0.25, -0.2) is 0 Å². The number of carbonyl (C=O) groups excluding carboxylic acids is 1. The lowest BCUT2D eigenvalue weighted by Crippen LogP contribution is -2.38. The maximum Gasteiger partial charge on any atom is 0.127 e. The van der Waals surface area contributed by atoms with E-state index in [-0.39, 0.29) is 5.41 Å². The summed E-state index contributed by atoms with van der Waals surface area (Å²) in [5.41, 5.74) is 2.46. The van der Waals surface area contributed by atoms with E-state index in [4.69, 9.17) is 0 Å². The molecule has 0 atom stereocenters. The molecule has 0 unspecified atom stereocenters. The molecule has 0 spiro atoms. The van der Waals surface area contributed by atoms with Crippen LogP contribution in [0, 0.1) is 5.41 Å². The van der Waals surface area contributed by atoms with Gasteiger partial charge < -0.3 is 9.69 Å². The highest BCUT2D eigenvalue weighted by Crippen LogP contribution is 2.35. The molecule has 2 rings (SSSR count). The van der Waals surface area contributed by atoms with E-state index in [1.54, 1.807) is 0 Å². The van der Waals surface area contributed by atoms with Crippen LogP contribution in [0.1, 0.15) is 44.6 Å². The van der Waals surface area contributed by atoms with Gasteiger partial charge in [-0.2, -0.15) is 0 Å². The Morgan fingerprint density at radius 3 is 2.32 bits per heavy atom. The van der Waals surface area contributed by atoms with Gasteiger partial charge >= 0.3 is 0 Å². The van der Waals surface area contributed by atoms with Crippen LogP contribution in [0.25, 0.3) is 0 Å². The van der Waals surface area contributed by atoms with Crippen LogP contribution in [0.15, 0.2) is 24.3 Å². The second-order valence-corrected chi connectivity index (χ2v) is 5.92. The van der Waals surface area contributed by atoms with E-state index in [1.165, 1.54) is 36.8 Å². The minimum Gasteiger partial charge on any atom is -0.374 e. The van der Waals surface area contributed by atoms with Crippen LogP contribution in [0.5, 0.6) is 0 Å². The van der Waals surface area contributed by atoms with Gasteiger partial charge in [-0.15, -0.1) is 0 Å². The van der Waals surface area contributed by atoms with Crippen LogP contribution in [-0.4, -0.2) is 19.9 Å². The third-order valence-corrected chi connectivity index (χ3v) is 4.44. The number of aldehydes is 1. The molecule has 0 N–H and O–H groups in total. The summed E-state index contributed by atoms with van der Waals surface area (Å²) in [4.78, 5) is 13.8. The Balaban J connectivity index is 2.05. The Hall–Kier alpha value is -1.31. The first-order valence-corrected chi connectivity index (χ1v) is 7.45. The quantitative estimate of drug-likeness (QED) is 0.749. The van der Waals surface area contributed by atoms with Crippen molar-refractivity contribution in [2.45, 2.75) is 45.4 Å². The maximum atomic E-state index is 11.5. The first kappa shape index (κ1) is 14.1. The largest absolute Gasteiger partial charge is 0.374 e. The third-order valence-electron chi connectivity index (χ3n) is 4.44. The van der Waals surface area contributed by atoms with Crippen LogP contribution < -0.4 is 4.90 Å². The van der Waals surface area contributed by atoms with Gasteiger partial charge in [-0.3, -0.25) is 0 Å². The molecule has 1 aromatic rings. The van der Waals surface area contributed by atoms with Crippen LogP contribution in [0.2, 0.25) is 0 Å². The summed E-state index contributed by atoms with van der Waals surface area (Å²) in [7, 11) is 2.10. The topological polar surface area (TPSA) is 20.3 Å². The van der Waals surface area contributed by atoms with Gasteiger partial charge in [0.1, 0.15) is 6.29 Å². The Bertz CT molecular complexity index is 404. The minimum atomic E-state index is -0.115. The first-order chi connectivity index (χ1) is 9.19. The van der Waals surface area contributed by atoms with E-state index < -0.39 is 0 Å². The number of aryl methyl sites for hydroxylation is 1. The molecule has 0 aliphatic heterocycles. The van der Waals surface area contributed by atoms with Gasteiger partial charge in [-0.05, 0) is 37.0 Å². The maximum absolute atomic E-state index is 11.5. The Morgan fingerprint density at radius 2 is 1.79 bits per heavy atom. The Labute approximate surface area is 116 Å². The Kier molecular flexibility index (Phi) is 4.62. The molecule has 1 aliphatic rings. The Morgan fingerprint density at radius 1 is 1.16 bits per heavy atom. The summed E-state index contributed by atoms with van der Waals surface area (Å²) in [6.45, 7) is 3.02. The van der Waals surface area contributed by atoms with Gasteiger partial charge in [0, 0.05) is 24.7 Å². The number of nitrogens with zero attached hydrogens (tertiary/aromatic N) is 1. The highest BCUT2D eigenvalue weighted by molar-refractivity contribution is 5.62. The number of hydrogen-bond acceptors (Lipinski definition) is 2. The second-order valence-electron chi connectivity index (χ2n) is 5.92. The molecule has 2 heteroatoms. The molecule has 0 bridgehead atoms. The average molecular weight is 259 g/mol. The predicted molar refractivity (Wildman–Crippen MR) is 80.7 cm³/mol. The third kappa shape index (κ3) is 3.37. The highest BCUT2D eigenvalue weighted by atomic mass is 16.1. The number of hydrogen-bond donors (Lipinski definition) is 0. The molecule has 0 radical (unpaired) electrons. The fraction of sp³-hybridized carbons (Fsp3) is 0.588. The molecule has 19 heavy (non-hydrogen) atoms. The monoisotopic (exact) mass is 259 g/mol. The molecule has 0 saturated heterocycles. The van der Waals surface area contributed by atoms with Crippen molar-refractivity contribution >= 4 is 12.0 Å². The second kappa shape index (κ2) is 6.23. The van der Waals surface area contributed by atoms with Gasteiger partial charge in [-0.1, -0.05) is 38.3 Å². The highest BCUT2D eigenvalue weighted by Gasteiger charge is 2.32. The summed E-state index contributed by atoms with van der Waals surface area (Å²) in [6.07, 6.45) is 8.06. The molecule has 0 amide bonds. The summed E-state index contributed by atoms with van der Waals surface area (Å²) in [5, 5.41) is 0. The molecule has 1 aromatic carbocycles. The van der Waals surface area contributed by atoms with Crippen LogP contribution in [0.3, 0.4) is 0 Å². The number of rotatable bonds is 5. The first-order valence-electron chi connectivity index (χ1n) is 7.45. The summed E-state index contributed by atoms with van der Waals surface area (Å²) in [6, 6.07) is 8.70. The zero-order chi connectivity index (χ0) is 13.7. The van der Waals surface area contributed by atoms with E-state index in [1.807, 2.05) is 0 Å². The molecule has 0 aromatic heterocycles. The smallest absolute Gasteiger partial charge is 0.127 e. The fourth-order valence-corrected chi connectivity index (χ4v) is 3.12. The van der Waals surface area contributed by atoms with E-state index in [9.17, 15) is 4.79 Å². The fourth-order valence-electron chi connectivity index (χ4n) is 3.12. The van der Waals surface area contributed by atoms with Gasteiger partial charge in [0.2, 0.25) is 0 Å². The van der Waals surface area contributed by atoms with Gasteiger partial charge in [0.25, 0.3) is 0 Å². The predicted octanol–water partition coefficient (Wildman–Crippen LogP) is 3.83. The minimum absolute atomic E-state index is 0.115. The molecular formula is C17H25NO. The standard InChI is InChI=1S/C17H25NO/c1-3-15-7-9-16(10-8-15)18(2)13-17(14-19)11-5-4-6-12-17/h7-10,14H,3-6,11-13H2,1-2H3. The van der Waals surface area contributed by atoms with Crippen LogP contribution in [-0.2, 0) is 11.2 Å². The van der Waals surface area contributed by atoms with E-state index >= 15 is 0 Å². The molecule has 0 heterocycles. The summed E-state index contributed by atoms with van der Waals surface area (Å²) < 4.78 is 0. The van der Waals surface area contributed by atoms with Gasteiger partial charge in [0.05, 0.1) is 0 Å². The van der Waals surface area contributed by atoms with Crippen molar-refractivity contribution in [3.63, 3.8) is 0 Å². The van der Waals surface area contributed by atoms with Crippen molar-refractivity contribution in [2.75, 3.05) is 18.5 Å². The van der Waals surface area contributed by atoms with Crippen molar-refractivity contribution in [1.82, 2.24) is 0 Å².